The number of amides is 2. The van der Waals surface area contributed by atoms with E-state index in [9.17, 15) is 19.7 Å². The van der Waals surface area contributed by atoms with Crippen LogP contribution in [0.2, 0.25) is 0 Å². The average Bonchev–Trinajstić information content (AvgIpc) is 3.27. The van der Waals surface area contributed by atoms with Gasteiger partial charge in [-0.3, -0.25) is 19.7 Å². The molecule has 0 unspecified atom stereocenters. The minimum absolute atomic E-state index is 0.0166. The summed E-state index contributed by atoms with van der Waals surface area (Å²) in [6.45, 7) is 1.73. The van der Waals surface area contributed by atoms with Crippen LogP contribution in [0.3, 0.4) is 0 Å². The number of para-hydroxylation sites is 1. The molecule has 0 bridgehead atoms. The number of benzene rings is 3. The Balaban J connectivity index is 1.55. The van der Waals surface area contributed by atoms with Gasteiger partial charge in [0.2, 0.25) is 11.8 Å². The molecule has 4 rings (SSSR count). The fraction of sp³-hybridized carbons (Fsp3) is 0.115. The largest absolute Gasteiger partial charge is 0.352 e. The molecule has 3 aromatic carbocycles. The summed E-state index contributed by atoms with van der Waals surface area (Å²) >= 11 is 0. The van der Waals surface area contributed by atoms with E-state index >= 15 is 0 Å². The van der Waals surface area contributed by atoms with Crippen molar-refractivity contribution in [2.24, 2.45) is 0 Å². The molecule has 0 aliphatic heterocycles. The quantitative estimate of drug-likeness (QED) is 0.295. The van der Waals surface area contributed by atoms with Gasteiger partial charge in [-0.1, -0.05) is 30.3 Å². The van der Waals surface area contributed by atoms with Crippen LogP contribution in [0.4, 0.5) is 11.4 Å². The number of nitrogens with one attached hydrogen (secondary N) is 2. The highest BCUT2D eigenvalue weighted by Crippen LogP contribution is 2.26. The molecule has 1 heterocycles. The van der Waals surface area contributed by atoms with Crippen LogP contribution < -0.4 is 10.6 Å². The van der Waals surface area contributed by atoms with Gasteiger partial charge in [0.1, 0.15) is 0 Å². The lowest BCUT2D eigenvalue weighted by Gasteiger charge is -2.08. The molecule has 35 heavy (non-hydrogen) atoms. The molecule has 9 nitrogen and oxygen atoms in total. The third-order valence-corrected chi connectivity index (χ3v) is 5.25. The van der Waals surface area contributed by atoms with E-state index in [0.29, 0.717) is 29.1 Å². The lowest BCUT2D eigenvalue weighted by atomic mass is 10.1. The number of nitro groups is 1. The van der Waals surface area contributed by atoms with E-state index in [4.69, 9.17) is 0 Å². The standard InChI is InChI=1S/C26H23N5O4/c1-18(32)28-22-7-5-6-19(14-22)16-27-25(33)15-21-17-30(23-8-3-2-4-9-23)29-26(21)20-10-12-24(13-11-20)31(34)35/h2-14,17H,15-16H2,1H3,(H,27,33)(H,28,32). The third kappa shape index (κ3) is 5.97. The Bertz CT molecular complexity index is 1360. The number of aromatic nitrogens is 2. The van der Waals surface area contributed by atoms with Gasteiger partial charge in [0.05, 0.1) is 22.7 Å². The van der Waals surface area contributed by atoms with Crippen molar-refractivity contribution in [1.82, 2.24) is 15.1 Å². The zero-order chi connectivity index (χ0) is 24.8. The summed E-state index contributed by atoms with van der Waals surface area (Å²) in [6, 6.07) is 22.8. The molecule has 0 aliphatic rings. The summed E-state index contributed by atoms with van der Waals surface area (Å²) in [5.74, 6) is -0.369. The van der Waals surface area contributed by atoms with Crippen LogP contribution in [0, 0.1) is 10.1 Å². The van der Waals surface area contributed by atoms with Crippen LogP contribution >= 0.6 is 0 Å². The second kappa shape index (κ2) is 10.4. The van der Waals surface area contributed by atoms with Crippen LogP contribution in [0.25, 0.3) is 16.9 Å². The highest BCUT2D eigenvalue weighted by atomic mass is 16.6. The number of rotatable bonds is 8. The second-order valence-corrected chi connectivity index (χ2v) is 7.92. The molecule has 176 valence electrons. The number of hydrogen-bond donors (Lipinski definition) is 2. The van der Waals surface area contributed by atoms with Crippen LogP contribution in [-0.2, 0) is 22.6 Å². The highest BCUT2D eigenvalue weighted by molar-refractivity contribution is 5.88. The molecular weight excluding hydrogens is 446 g/mol. The maximum Gasteiger partial charge on any atom is 0.269 e. The van der Waals surface area contributed by atoms with E-state index in [2.05, 4.69) is 15.7 Å². The maximum atomic E-state index is 12.8. The van der Waals surface area contributed by atoms with Crippen molar-refractivity contribution in [2.75, 3.05) is 5.32 Å². The SMILES string of the molecule is CC(=O)Nc1cccc(CNC(=O)Cc2cn(-c3ccccc3)nc2-c2ccc([N+](=O)[O-])cc2)c1. The Kier molecular flexibility index (Phi) is 6.96. The second-order valence-electron chi connectivity index (χ2n) is 7.92. The molecule has 2 N–H and O–H groups in total. The van der Waals surface area contributed by atoms with Gasteiger partial charge in [-0.15, -0.1) is 0 Å². The zero-order valence-corrected chi connectivity index (χ0v) is 19.0. The highest BCUT2D eigenvalue weighted by Gasteiger charge is 2.17. The molecule has 9 heteroatoms. The monoisotopic (exact) mass is 469 g/mol. The summed E-state index contributed by atoms with van der Waals surface area (Å²) in [5.41, 5.74) is 4.26. The Morgan fingerprint density at radius 1 is 1.00 bits per heavy atom. The maximum absolute atomic E-state index is 12.8. The molecular formula is C26H23N5O4. The summed E-state index contributed by atoms with van der Waals surface area (Å²) in [4.78, 5) is 34.7. The lowest BCUT2D eigenvalue weighted by Crippen LogP contribution is -2.24. The first kappa shape index (κ1) is 23.4. The predicted molar refractivity (Wildman–Crippen MR) is 132 cm³/mol. The predicted octanol–water partition coefficient (Wildman–Crippen LogP) is 4.26. The van der Waals surface area contributed by atoms with Gasteiger partial charge in [-0.05, 0) is 42.0 Å². The van der Waals surface area contributed by atoms with Gasteiger partial charge in [0.15, 0.2) is 0 Å². The van der Waals surface area contributed by atoms with E-state index < -0.39 is 4.92 Å². The van der Waals surface area contributed by atoms with Crippen molar-refractivity contribution in [3.8, 4) is 16.9 Å². The summed E-state index contributed by atoms with van der Waals surface area (Å²) in [5, 5.41) is 21.3. The third-order valence-electron chi connectivity index (χ3n) is 5.25. The van der Waals surface area contributed by atoms with Crippen molar-refractivity contribution < 1.29 is 14.5 Å². The Hall–Kier alpha value is -4.79. The molecule has 2 amide bonds. The summed E-state index contributed by atoms with van der Waals surface area (Å²) in [7, 11) is 0. The van der Waals surface area contributed by atoms with Crippen LogP contribution in [0.15, 0.2) is 85.1 Å². The molecule has 0 spiro atoms. The fourth-order valence-electron chi connectivity index (χ4n) is 3.63. The van der Waals surface area contributed by atoms with E-state index in [-0.39, 0.29) is 23.9 Å². The fourth-order valence-corrected chi connectivity index (χ4v) is 3.63. The first-order valence-electron chi connectivity index (χ1n) is 10.9. The molecule has 0 radical (unpaired) electrons. The van der Waals surface area contributed by atoms with Gasteiger partial charge in [0, 0.05) is 48.6 Å². The van der Waals surface area contributed by atoms with Crippen LogP contribution in [0.5, 0.6) is 0 Å². The normalized spacial score (nSPS) is 10.5. The van der Waals surface area contributed by atoms with Gasteiger partial charge in [0.25, 0.3) is 5.69 Å². The lowest BCUT2D eigenvalue weighted by molar-refractivity contribution is -0.384. The smallest absolute Gasteiger partial charge is 0.269 e. The van der Waals surface area contributed by atoms with Gasteiger partial charge < -0.3 is 10.6 Å². The van der Waals surface area contributed by atoms with Crippen molar-refractivity contribution in [3.05, 3.63) is 106 Å². The summed E-state index contributed by atoms with van der Waals surface area (Å²) < 4.78 is 1.69. The molecule has 0 atom stereocenters. The summed E-state index contributed by atoms with van der Waals surface area (Å²) in [6.07, 6.45) is 1.87. The first-order valence-corrected chi connectivity index (χ1v) is 10.9. The van der Waals surface area contributed by atoms with Crippen LogP contribution in [0.1, 0.15) is 18.1 Å². The van der Waals surface area contributed by atoms with E-state index in [1.165, 1.54) is 19.1 Å². The Labute approximate surface area is 201 Å². The molecule has 4 aromatic rings. The average molecular weight is 470 g/mol. The van der Waals surface area contributed by atoms with Gasteiger partial charge in [-0.2, -0.15) is 5.10 Å². The van der Waals surface area contributed by atoms with Crippen LogP contribution in [-0.4, -0.2) is 26.5 Å². The minimum atomic E-state index is -0.457. The van der Waals surface area contributed by atoms with E-state index in [0.717, 1.165) is 11.3 Å². The molecule has 0 fully saturated rings. The molecule has 0 saturated heterocycles. The van der Waals surface area contributed by atoms with Gasteiger partial charge in [-0.25, -0.2) is 4.68 Å². The molecule has 1 aromatic heterocycles. The number of non-ortho nitro benzene ring substituents is 1. The number of carbonyl (C=O) groups excluding carboxylic acids is 2. The minimum Gasteiger partial charge on any atom is -0.352 e. The Morgan fingerprint density at radius 3 is 2.43 bits per heavy atom. The topological polar surface area (TPSA) is 119 Å². The molecule has 0 saturated carbocycles. The molecule has 0 aliphatic carbocycles. The van der Waals surface area contributed by atoms with Crippen molar-refractivity contribution in [2.45, 2.75) is 19.9 Å². The zero-order valence-electron chi connectivity index (χ0n) is 19.0. The number of anilines is 1. The number of hydrogen-bond acceptors (Lipinski definition) is 5. The first-order chi connectivity index (χ1) is 16.9. The number of carbonyl (C=O) groups is 2. The van der Waals surface area contributed by atoms with Gasteiger partial charge >= 0.3 is 0 Å². The Morgan fingerprint density at radius 2 is 1.74 bits per heavy atom. The van der Waals surface area contributed by atoms with Crippen molar-refractivity contribution >= 4 is 23.2 Å². The van der Waals surface area contributed by atoms with E-state index in [1.807, 2.05) is 42.5 Å². The number of nitro benzene ring substituents is 1. The number of nitrogens with zero attached hydrogens (tertiary/aromatic N) is 3. The van der Waals surface area contributed by atoms with Crippen molar-refractivity contribution in [3.63, 3.8) is 0 Å². The van der Waals surface area contributed by atoms with Crippen molar-refractivity contribution in [1.29, 1.82) is 0 Å². The van der Waals surface area contributed by atoms with E-state index in [1.54, 1.807) is 35.1 Å².